The maximum Gasteiger partial charge on any atom is 0.162 e. The second-order valence-electron chi connectivity index (χ2n) is 3.25. The number of unbranched alkanes of at least 4 members (excludes halogenated alkanes) is 2. The molecule has 0 fully saturated rings. The van der Waals surface area contributed by atoms with Gasteiger partial charge in [0.05, 0.1) is 0 Å². The van der Waals surface area contributed by atoms with Crippen molar-refractivity contribution in [3.8, 4) is 0 Å². The lowest BCUT2D eigenvalue weighted by atomic mass is 9.93. The van der Waals surface area contributed by atoms with E-state index in [2.05, 4.69) is 6.92 Å². The van der Waals surface area contributed by atoms with Crippen molar-refractivity contribution < 1.29 is 4.79 Å². The van der Waals surface area contributed by atoms with Crippen LogP contribution in [0, 0.1) is 5.92 Å². The van der Waals surface area contributed by atoms with Crippen LogP contribution in [0.2, 0.25) is 0 Å². The van der Waals surface area contributed by atoms with Gasteiger partial charge in [0.25, 0.3) is 0 Å². The Balaban J connectivity index is 2.28. The highest BCUT2D eigenvalue weighted by atomic mass is 16.1. The summed E-state index contributed by atoms with van der Waals surface area (Å²) in [7, 11) is 0. The Morgan fingerprint density at radius 1 is 1.33 bits per heavy atom. The molecule has 12 heavy (non-hydrogen) atoms. The minimum Gasteiger partial charge on any atom is -0.294 e. The number of hydrogen-bond donors (Lipinski definition) is 0. The first-order valence-corrected chi connectivity index (χ1v) is 4.73. The topological polar surface area (TPSA) is 17.1 Å². The third kappa shape index (κ3) is 2.65. The molecule has 0 spiro atoms. The van der Waals surface area contributed by atoms with Crippen LogP contribution in [-0.4, -0.2) is 5.78 Å². The summed E-state index contributed by atoms with van der Waals surface area (Å²) in [5, 5.41) is 0. The second kappa shape index (κ2) is 4.91. The summed E-state index contributed by atoms with van der Waals surface area (Å²) in [4.78, 5) is 11.3. The molecular formula is C11H16O. The van der Waals surface area contributed by atoms with Gasteiger partial charge in [0.2, 0.25) is 0 Å². The van der Waals surface area contributed by atoms with E-state index in [0.717, 1.165) is 6.42 Å². The van der Waals surface area contributed by atoms with Gasteiger partial charge >= 0.3 is 0 Å². The lowest BCUT2D eigenvalue weighted by molar-refractivity contribution is -0.117. The molecule has 1 aliphatic rings. The molecule has 0 saturated heterocycles. The van der Waals surface area contributed by atoms with Crippen molar-refractivity contribution in [1.82, 2.24) is 0 Å². The van der Waals surface area contributed by atoms with Crippen molar-refractivity contribution in [2.24, 2.45) is 5.92 Å². The lowest BCUT2D eigenvalue weighted by Gasteiger charge is -2.10. The van der Waals surface area contributed by atoms with E-state index in [1.165, 1.54) is 19.3 Å². The SMILES string of the molecule is CCCCCC1C=CC=CC1=O. The predicted molar refractivity (Wildman–Crippen MR) is 50.9 cm³/mol. The van der Waals surface area contributed by atoms with Crippen LogP contribution < -0.4 is 0 Å². The van der Waals surface area contributed by atoms with E-state index in [1.54, 1.807) is 6.08 Å². The molecule has 0 N–H and O–H groups in total. The molecule has 1 atom stereocenters. The quantitative estimate of drug-likeness (QED) is 0.584. The molecule has 0 saturated carbocycles. The fourth-order valence-electron chi connectivity index (χ4n) is 1.42. The van der Waals surface area contributed by atoms with Crippen LogP contribution in [0.4, 0.5) is 0 Å². The summed E-state index contributed by atoms with van der Waals surface area (Å²) in [5.41, 5.74) is 0. The minimum absolute atomic E-state index is 0.168. The van der Waals surface area contributed by atoms with Gasteiger partial charge in [-0.2, -0.15) is 0 Å². The maximum atomic E-state index is 11.3. The zero-order valence-electron chi connectivity index (χ0n) is 7.62. The molecule has 0 aromatic heterocycles. The first-order valence-electron chi connectivity index (χ1n) is 4.73. The van der Waals surface area contributed by atoms with Gasteiger partial charge in [0, 0.05) is 5.92 Å². The molecule has 0 aromatic carbocycles. The van der Waals surface area contributed by atoms with E-state index >= 15 is 0 Å². The van der Waals surface area contributed by atoms with Gasteiger partial charge in [-0.15, -0.1) is 0 Å². The highest BCUT2D eigenvalue weighted by Crippen LogP contribution is 2.15. The van der Waals surface area contributed by atoms with E-state index in [4.69, 9.17) is 0 Å². The number of ketones is 1. The summed E-state index contributed by atoms with van der Waals surface area (Å²) in [6.45, 7) is 2.18. The molecule has 0 bridgehead atoms. The summed E-state index contributed by atoms with van der Waals surface area (Å²) in [6, 6.07) is 0. The molecule has 0 radical (unpaired) electrons. The molecular weight excluding hydrogens is 148 g/mol. The average Bonchev–Trinajstić information content (AvgIpc) is 2.09. The van der Waals surface area contributed by atoms with E-state index in [-0.39, 0.29) is 11.7 Å². The van der Waals surface area contributed by atoms with Crippen LogP contribution in [0.1, 0.15) is 32.6 Å². The first kappa shape index (κ1) is 9.24. The largest absolute Gasteiger partial charge is 0.294 e. The van der Waals surface area contributed by atoms with Gasteiger partial charge in [-0.25, -0.2) is 0 Å². The minimum atomic E-state index is 0.168. The van der Waals surface area contributed by atoms with Crippen molar-refractivity contribution in [3.63, 3.8) is 0 Å². The molecule has 1 nitrogen and oxygen atoms in total. The standard InChI is InChI=1S/C11H16O/c1-2-3-4-7-10-8-5-6-9-11(10)12/h5-6,8-10H,2-4,7H2,1H3. The van der Waals surface area contributed by atoms with Gasteiger partial charge < -0.3 is 0 Å². The number of carbonyl (C=O) groups excluding carboxylic acids is 1. The van der Waals surface area contributed by atoms with Crippen LogP contribution in [-0.2, 0) is 4.79 Å². The smallest absolute Gasteiger partial charge is 0.162 e. The molecule has 0 heterocycles. The van der Waals surface area contributed by atoms with Crippen LogP contribution in [0.25, 0.3) is 0 Å². The van der Waals surface area contributed by atoms with Gasteiger partial charge in [0.1, 0.15) is 0 Å². The number of hydrogen-bond acceptors (Lipinski definition) is 1. The highest BCUT2D eigenvalue weighted by molar-refractivity contribution is 5.94. The van der Waals surface area contributed by atoms with Crippen molar-refractivity contribution in [1.29, 1.82) is 0 Å². The molecule has 66 valence electrons. The zero-order chi connectivity index (χ0) is 8.81. The third-order valence-corrected chi connectivity index (χ3v) is 2.20. The molecule has 0 aromatic rings. The van der Waals surface area contributed by atoms with E-state index in [0.29, 0.717) is 0 Å². The van der Waals surface area contributed by atoms with Crippen molar-refractivity contribution in [2.45, 2.75) is 32.6 Å². The van der Waals surface area contributed by atoms with Gasteiger partial charge in [-0.3, -0.25) is 4.79 Å². The van der Waals surface area contributed by atoms with Gasteiger partial charge in [-0.1, -0.05) is 44.4 Å². The van der Waals surface area contributed by atoms with Crippen molar-refractivity contribution >= 4 is 5.78 Å². The Morgan fingerprint density at radius 2 is 2.17 bits per heavy atom. The van der Waals surface area contributed by atoms with Crippen LogP contribution in [0.15, 0.2) is 24.3 Å². The highest BCUT2D eigenvalue weighted by Gasteiger charge is 2.13. The van der Waals surface area contributed by atoms with E-state index in [1.807, 2.05) is 18.2 Å². The van der Waals surface area contributed by atoms with Crippen molar-refractivity contribution in [2.75, 3.05) is 0 Å². The Hall–Kier alpha value is -0.850. The summed E-state index contributed by atoms with van der Waals surface area (Å²) < 4.78 is 0. The molecule has 0 aliphatic heterocycles. The molecule has 1 rings (SSSR count). The Bertz CT molecular complexity index is 201. The second-order valence-corrected chi connectivity index (χ2v) is 3.25. The average molecular weight is 164 g/mol. The van der Waals surface area contributed by atoms with Crippen LogP contribution in [0.3, 0.4) is 0 Å². The fourth-order valence-corrected chi connectivity index (χ4v) is 1.42. The molecule has 1 heteroatoms. The Morgan fingerprint density at radius 3 is 2.83 bits per heavy atom. The molecule has 0 amide bonds. The van der Waals surface area contributed by atoms with E-state index < -0.39 is 0 Å². The summed E-state index contributed by atoms with van der Waals surface area (Å²) >= 11 is 0. The van der Waals surface area contributed by atoms with Crippen molar-refractivity contribution in [3.05, 3.63) is 24.3 Å². The summed E-state index contributed by atoms with van der Waals surface area (Å²) in [5.74, 6) is 0.440. The lowest BCUT2D eigenvalue weighted by Crippen LogP contribution is -2.11. The number of rotatable bonds is 4. The third-order valence-electron chi connectivity index (χ3n) is 2.20. The zero-order valence-corrected chi connectivity index (χ0v) is 7.62. The van der Waals surface area contributed by atoms with Gasteiger partial charge in [0.15, 0.2) is 5.78 Å². The monoisotopic (exact) mass is 164 g/mol. The molecule has 1 unspecified atom stereocenters. The predicted octanol–water partition coefficient (Wildman–Crippen LogP) is 2.88. The Labute approximate surface area is 74.2 Å². The van der Waals surface area contributed by atoms with Gasteiger partial charge in [-0.05, 0) is 12.5 Å². The maximum absolute atomic E-state index is 11.3. The van der Waals surface area contributed by atoms with Crippen LogP contribution in [0.5, 0.6) is 0 Å². The van der Waals surface area contributed by atoms with Crippen LogP contribution >= 0.6 is 0 Å². The Kier molecular flexibility index (Phi) is 3.78. The first-order chi connectivity index (χ1) is 5.84. The number of carbonyl (C=O) groups is 1. The normalized spacial score (nSPS) is 21.8. The summed E-state index contributed by atoms with van der Waals surface area (Å²) in [6.07, 6.45) is 12.1. The number of allylic oxidation sites excluding steroid dienone is 4. The molecule has 1 aliphatic carbocycles. The fraction of sp³-hybridized carbons (Fsp3) is 0.545. The van der Waals surface area contributed by atoms with E-state index in [9.17, 15) is 4.79 Å².